The summed E-state index contributed by atoms with van der Waals surface area (Å²) in [6, 6.07) is 13.0. The van der Waals surface area contributed by atoms with Gasteiger partial charge in [-0.05, 0) is 31.2 Å². The summed E-state index contributed by atoms with van der Waals surface area (Å²) in [7, 11) is 0. The normalized spacial score (nSPS) is 11.0. The molecule has 0 unspecified atom stereocenters. The first-order valence-corrected chi connectivity index (χ1v) is 8.12. The quantitative estimate of drug-likeness (QED) is 0.593. The maximum atomic E-state index is 12.8. The van der Waals surface area contributed by atoms with Crippen molar-refractivity contribution in [2.75, 3.05) is 0 Å². The van der Waals surface area contributed by atoms with E-state index in [-0.39, 0.29) is 17.5 Å². The number of pyridine rings is 1. The highest BCUT2D eigenvalue weighted by Gasteiger charge is 2.18. The van der Waals surface area contributed by atoms with E-state index >= 15 is 0 Å². The zero-order chi connectivity index (χ0) is 18.1. The van der Waals surface area contributed by atoms with E-state index in [0.717, 1.165) is 5.69 Å². The molecule has 4 aromatic rings. The molecule has 0 bridgehead atoms. The maximum absolute atomic E-state index is 12.8. The second-order valence-corrected chi connectivity index (χ2v) is 5.85. The number of benzene rings is 1. The number of aryl methyl sites for hydroxylation is 1. The summed E-state index contributed by atoms with van der Waals surface area (Å²) in [5, 5.41) is 7.53. The van der Waals surface area contributed by atoms with Crippen LogP contribution in [-0.2, 0) is 6.54 Å². The Balaban J connectivity index is 1.72. The number of hydrogen-bond donors (Lipinski definition) is 2. The number of rotatable bonds is 4. The molecule has 0 saturated heterocycles. The molecule has 0 aliphatic carbocycles. The van der Waals surface area contributed by atoms with E-state index in [2.05, 4.69) is 15.4 Å². The average molecular weight is 348 g/mol. The monoisotopic (exact) mass is 348 g/mol. The number of carbonyl (C=O) groups excluding carboxylic acids is 1. The van der Waals surface area contributed by atoms with Gasteiger partial charge in [0, 0.05) is 6.20 Å². The van der Waals surface area contributed by atoms with E-state index in [0.29, 0.717) is 22.5 Å². The van der Waals surface area contributed by atoms with Gasteiger partial charge in [-0.1, -0.05) is 18.2 Å². The predicted molar refractivity (Wildman–Crippen MR) is 96.3 cm³/mol. The van der Waals surface area contributed by atoms with Gasteiger partial charge in [0.05, 0.1) is 29.6 Å². The molecule has 0 atom stereocenters. The summed E-state index contributed by atoms with van der Waals surface area (Å²) in [6.45, 7) is 1.97. The summed E-state index contributed by atoms with van der Waals surface area (Å²) in [4.78, 5) is 28.3. The van der Waals surface area contributed by atoms with Gasteiger partial charge in [-0.25, -0.2) is 4.68 Å². The molecule has 130 valence electrons. The molecule has 2 N–H and O–H groups in total. The van der Waals surface area contributed by atoms with Crippen LogP contribution in [0.1, 0.15) is 21.8 Å². The Hall–Kier alpha value is -3.61. The third-order valence-corrected chi connectivity index (χ3v) is 4.13. The van der Waals surface area contributed by atoms with Gasteiger partial charge >= 0.3 is 0 Å². The summed E-state index contributed by atoms with van der Waals surface area (Å²) < 4.78 is 6.84. The second kappa shape index (κ2) is 6.36. The second-order valence-electron chi connectivity index (χ2n) is 5.85. The number of furan rings is 1. The summed E-state index contributed by atoms with van der Waals surface area (Å²) in [6.07, 6.45) is 2.95. The predicted octanol–water partition coefficient (Wildman–Crippen LogP) is 2.55. The fourth-order valence-corrected chi connectivity index (χ4v) is 2.87. The topological polar surface area (TPSA) is 92.9 Å². The highest BCUT2D eigenvalue weighted by atomic mass is 16.3. The van der Waals surface area contributed by atoms with Gasteiger partial charge in [0.1, 0.15) is 17.0 Å². The molecular formula is C19H16N4O3. The van der Waals surface area contributed by atoms with Crippen LogP contribution < -0.4 is 10.7 Å². The molecular weight excluding hydrogens is 332 g/mol. The van der Waals surface area contributed by atoms with E-state index in [1.54, 1.807) is 23.7 Å². The summed E-state index contributed by atoms with van der Waals surface area (Å²) in [5.41, 5.74) is 1.64. The van der Waals surface area contributed by atoms with Crippen molar-refractivity contribution in [3.05, 3.63) is 82.2 Å². The average Bonchev–Trinajstić information content (AvgIpc) is 3.29. The SMILES string of the molecule is Cc1nn(-c2ccccc2)c2[nH]cc(C(=O)NCc3ccco3)c(=O)c12. The zero-order valence-corrected chi connectivity index (χ0v) is 14.0. The van der Waals surface area contributed by atoms with Crippen LogP contribution in [0.2, 0.25) is 0 Å². The molecule has 3 aromatic heterocycles. The molecule has 1 amide bonds. The number of aromatic amines is 1. The Morgan fingerprint density at radius 2 is 2.04 bits per heavy atom. The van der Waals surface area contributed by atoms with Gasteiger partial charge in [-0.3, -0.25) is 9.59 Å². The summed E-state index contributed by atoms with van der Waals surface area (Å²) >= 11 is 0. The lowest BCUT2D eigenvalue weighted by Gasteiger charge is -2.05. The number of carbonyl (C=O) groups is 1. The Morgan fingerprint density at radius 1 is 1.23 bits per heavy atom. The van der Waals surface area contributed by atoms with E-state index in [1.807, 2.05) is 30.3 Å². The van der Waals surface area contributed by atoms with Crippen LogP contribution in [0.4, 0.5) is 0 Å². The van der Waals surface area contributed by atoms with Gasteiger partial charge < -0.3 is 14.7 Å². The molecule has 4 rings (SSSR count). The number of aromatic nitrogens is 3. The van der Waals surface area contributed by atoms with E-state index in [9.17, 15) is 9.59 Å². The molecule has 0 saturated carbocycles. The van der Waals surface area contributed by atoms with Crippen LogP contribution in [0.15, 0.2) is 64.1 Å². The molecule has 1 aromatic carbocycles. The van der Waals surface area contributed by atoms with Crippen LogP contribution >= 0.6 is 0 Å². The minimum absolute atomic E-state index is 0.0415. The van der Waals surface area contributed by atoms with Crippen molar-refractivity contribution in [2.24, 2.45) is 0 Å². The van der Waals surface area contributed by atoms with Crippen molar-refractivity contribution in [3.63, 3.8) is 0 Å². The molecule has 3 heterocycles. The summed E-state index contributed by atoms with van der Waals surface area (Å²) in [5.74, 6) is 0.153. The molecule has 0 radical (unpaired) electrons. The van der Waals surface area contributed by atoms with Gasteiger partial charge in [0.15, 0.2) is 0 Å². The highest BCUT2D eigenvalue weighted by Crippen LogP contribution is 2.17. The van der Waals surface area contributed by atoms with Crippen LogP contribution in [0, 0.1) is 6.92 Å². The first-order valence-electron chi connectivity index (χ1n) is 8.12. The van der Waals surface area contributed by atoms with E-state index < -0.39 is 5.91 Å². The minimum Gasteiger partial charge on any atom is -0.467 e. The third kappa shape index (κ3) is 2.69. The smallest absolute Gasteiger partial charge is 0.257 e. The number of amides is 1. The van der Waals surface area contributed by atoms with Crippen molar-refractivity contribution < 1.29 is 9.21 Å². The van der Waals surface area contributed by atoms with Crippen LogP contribution in [0.25, 0.3) is 16.7 Å². The van der Waals surface area contributed by atoms with Crippen molar-refractivity contribution in [1.82, 2.24) is 20.1 Å². The van der Waals surface area contributed by atoms with Crippen molar-refractivity contribution in [2.45, 2.75) is 13.5 Å². The Morgan fingerprint density at radius 3 is 2.77 bits per heavy atom. The maximum Gasteiger partial charge on any atom is 0.257 e. The standard InChI is InChI=1S/C19H16N4O3/c1-12-16-17(24)15(19(25)21-10-14-8-5-9-26-14)11-20-18(16)23(22-12)13-6-3-2-4-7-13/h2-9,11H,10H2,1H3,(H,20,24)(H,21,25). The number of nitrogens with zero attached hydrogens (tertiary/aromatic N) is 2. The lowest BCUT2D eigenvalue weighted by Crippen LogP contribution is -2.28. The molecule has 7 nitrogen and oxygen atoms in total. The fourth-order valence-electron chi connectivity index (χ4n) is 2.87. The van der Waals surface area contributed by atoms with Gasteiger partial charge in [-0.2, -0.15) is 5.10 Å². The lowest BCUT2D eigenvalue weighted by atomic mass is 10.2. The Kier molecular flexibility index (Phi) is 3.89. The Labute approximate surface area is 148 Å². The van der Waals surface area contributed by atoms with Crippen LogP contribution in [0.5, 0.6) is 0 Å². The molecule has 0 spiro atoms. The van der Waals surface area contributed by atoms with Crippen LogP contribution in [0.3, 0.4) is 0 Å². The largest absolute Gasteiger partial charge is 0.467 e. The van der Waals surface area contributed by atoms with Crippen molar-refractivity contribution in [1.29, 1.82) is 0 Å². The minimum atomic E-state index is -0.462. The number of hydrogen-bond acceptors (Lipinski definition) is 4. The zero-order valence-electron chi connectivity index (χ0n) is 14.0. The fraction of sp³-hybridized carbons (Fsp3) is 0.105. The first kappa shape index (κ1) is 15.9. The van der Waals surface area contributed by atoms with E-state index in [4.69, 9.17) is 4.42 Å². The van der Waals surface area contributed by atoms with Gasteiger partial charge in [0.25, 0.3) is 5.91 Å². The molecule has 0 fully saturated rings. The van der Waals surface area contributed by atoms with Crippen molar-refractivity contribution >= 4 is 16.9 Å². The highest BCUT2D eigenvalue weighted by molar-refractivity contribution is 5.97. The number of para-hydroxylation sites is 1. The lowest BCUT2D eigenvalue weighted by molar-refractivity contribution is 0.0947. The molecule has 0 aliphatic heterocycles. The van der Waals surface area contributed by atoms with Crippen LogP contribution in [-0.4, -0.2) is 20.7 Å². The molecule has 7 heteroatoms. The Bertz CT molecular complexity index is 1130. The van der Waals surface area contributed by atoms with Gasteiger partial charge in [-0.15, -0.1) is 0 Å². The van der Waals surface area contributed by atoms with Crippen molar-refractivity contribution in [3.8, 4) is 5.69 Å². The van der Waals surface area contributed by atoms with E-state index in [1.165, 1.54) is 12.5 Å². The molecule has 26 heavy (non-hydrogen) atoms. The molecule has 0 aliphatic rings. The third-order valence-electron chi connectivity index (χ3n) is 4.13. The number of H-pyrrole nitrogens is 1. The number of fused-ring (bicyclic) bond motifs is 1. The van der Waals surface area contributed by atoms with Gasteiger partial charge in [0.2, 0.25) is 5.43 Å². The number of nitrogens with one attached hydrogen (secondary N) is 2. The first-order chi connectivity index (χ1) is 12.6.